The smallest absolute Gasteiger partial charge is 0.394 e. The predicted octanol–water partition coefficient (Wildman–Crippen LogP) is 3.04. The molecule has 0 aliphatic heterocycles. The number of hydrogen-bond donors (Lipinski definition) is 3. The zero-order chi connectivity index (χ0) is 21.5. The molecule has 0 fully saturated rings. The fraction of sp³-hybridized carbons (Fsp3) is 0.300. The second-order valence-corrected chi connectivity index (χ2v) is 7.02. The summed E-state index contributed by atoms with van der Waals surface area (Å²) >= 11 is 0. The van der Waals surface area contributed by atoms with Crippen LogP contribution in [0, 0.1) is 13.8 Å². The number of halogens is 3. The van der Waals surface area contributed by atoms with Gasteiger partial charge < -0.3 is 19.8 Å². The summed E-state index contributed by atoms with van der Waals surface area (Å²) < 4.78 is 42.1. The van der Waals surface area contributed by atoms with Crippen LogP contribution >= 0.6 is 0 Å². The molecule has 0 bridgehead atoms. The number of aromatic amines is 1. The molecule has 1 aromatic carbocycles. The van der Waals surface area contributed by atoms with Crippen molar-refractivity contribution < 1.29 is 23.1 Å². The molecule has 2 heterocycles. The van der Waals surface area contributed by atoms with E-state index in [4.69, 9.17) is 5.11 Å². The van der Waals surface area contributed by atoms with Crippen LogP contribution in [0.2, 0.25) is 0 Å². The Morgan fingerprint density at radius 1 is 1.24 bits per heavy atom. The third kappa shape index (κ3) is 3.91. The normalized spacial score (nSPS) is 12.9. The number of carbonyl (C=O) groups is 1. The van der Waals surface area contributed by atoms with Gasteiger partial charge in [-0.15, -0.1) is 0 Å². The van der Waals surface area contributed by atoms with E-state index in [0.717, 1.165) is 21.7 Å². The van der Waals surface area contributed by atoms with Crippen LogP contribution in [0.4, 0.5) is 13.2 Å². The van der Waals surface area contributed by atoms with Crippen LogP contribution < -0.4 is 10.9 Å². The predicted molar refractivity (Wildman–Crippen MR) is 102 cm³/mol. The zero-order valence-corrected chi connectivity index (χ0v) is 16.0. The number of hydrogen-bond acceptors (Lipinski definition) is 3. The van der Waals surface area contributed by atoms with Crippen molar-refractivity contribution in [1.82, 2.24) is 14.7 Å². The SMILES string of the molecule is Cc1ccc(-c2cn3cc(C(=O)N[C@@H](C)CO)c(C(F)(F)F)c3c(=O)[nH]2)cc1C. The number of aliphatic hydroxyl groups excluding tert-OH is 1. The van der Waals surface area contributed by atoms with Gasteiger partial charge in [-0.3, -0.25) is 9.59 Å². The van der Waals surface area contributed by atoms with E-state index in [0.29, 0.717) is 11.3 Å². The van der Waals surface area contributed by atoms with E-state index in [1.165, 1.54) is 13.1 Å². The lowest BCUT2D eigenvalue weighted by Crippen LogP contribution is -2.35. The Morgan fingerprint density at radius 3 is 2.52 bits per heavy atom. The maximum atomic E-state index is 13.7. The van der Waals surface area contributed by atoms with Gasteiger partial charge in [0.1, 0.15) is 5.52 Å². The molecular formula is C20H20F3N3O3. The van der Waals surface area contributed by atoms with E-state index in [1.807, 2.05) is 26.0 Å². The Kier molecular flexibility index (Phi) is 5.27. The molecule has 0 saturated carbocycles. The second kappa shape index (κ2) is 7.40. The fourth-order valence-corrected chi connectivity index (χ4v) is 3.07. The summed E-state index contributed by atoms with van der Waals surface area (Å²) in [5.74, 6) is -1.02. The highest BCUT2D eigenvalue weighted by molar-refractivity contribution is 5.98. The Bertz CT molecular complexity index is 1150. The summed E-state index contributed by atoms with van der Waals surface area (Å²) in [6.45, 7) is 4.83. The molecule has 0 unspecified atom stereocenters. The van der Waals surface area contributed by atoms with Crippen LogP contribution in [0.15, 0.2) is 35.4 Å². The maximum Gasteiger partial charge on any atom is 0.419 e. The number of aromatic nitrogens is 2. The average molecular weight is 407 g/mol. The first-order chi connectivity index (χ1) is 13.5. The summed E-state index contributed by atoms with van der Waals surface area (Å²) in [6, 6.07) is 4.68. The summed E-state index contributed by atoms with van der Waals surface area (Å²) in [5.41, 5.74) is -0.651. The minimum absolute atomic E-state index is 0.324. The molecule has 6 nitrogen and oxygen atoms in total. The van der Waals surface area contributed by atoms with Crippen LogP contribution in [0.25, 0.3) is 16.8 Å². The van der Waals surface area contributed by atoms with Crippen LogP contribution in [0.3, 0.4) is 0 Å². The number of alkyl halides is 3. The zero-order valence-electron chi connectivity index (χ0n) is 16.0. The van der Waals surface area contributed by atoms with Crippen molar-refractivity contribution in [2.24, 2.45) is 0 Å². The van der Waals surface area contributed by atoms with Gasteiger partial charge in [-0.25, -0.2) is 0 Å². The molecule has 3 N–H and O–H groups in total. The van der Waals surface area contributed by atoms with Crippen molar-refractivity contribution in [3.63, 3.8) is 0 Å². The summed E-state index contributed by atoms with van der Waals surface area (Å²) in [4.78, 5) is 27.4. The van der Waals surface area contributed by atoms with Gasteiger partial charge >= 0.3 is 6.18 Å². The van der Waals surface area contributed by atoms with Gasteiger partial charge in [0.05, 0.1) is 23.4 Å². The van der Waals surface area contributed by atoms with Crippen LogP contribution in [0.5, 0.6) is 0 Å². The van der Waals surface area contributed by atoms with Crippen molar-refractivity contribution in [3.05, 3.63) is 63.2 Å². The van der Waals surface area contributed by atoms with E-state index in [-0.39, 0.29) is 0 Å². The van der Waals surface area contributed by atoms with Gasteiger partial charge in [-0.2, -0.15) is 13.2 Å². The molecule has 1 atom stereocenters. The quantitative estimate of drug-likeness (QED) is 0.621. The average Bonchev–Trinajstić information content (AvgIpc) is 3.04. The number of nitrogens with one attached hydrogen (secondary N) is 2. The molecule has 154 valence electrons. The van der Waals surface area contributed by atoms with Gasteiger partial charge in [0, 0.05) is 18.4 Å². The van der Waals surface area contributed by atoms with Crippen molar-refractivity contribution >= 4 is 11.4 Å². The fourth-order valence-electron chi connectivity index (χ4n) is 3.07. The highest BCUT2D eigenvalue weighted by atomic mass is 19.4. The number of carbonyl (C=O) groups excluding carboxylic acids is 1. The standard InChI is InChI=1S/C20H20F3N3O3/c1-10-4-5-13(6-11(10)2)15-8-26-7-14(18(28)24-12(3)9-27)16(20(21,22)23)17(26)19(29)25-15/h4-8,12,27H,9H2,1-3H3,(H,24,28)(H,25,29)/t12-/m0/s1. The molecule has 3 rings (SSSR count). The van der Waals surface area contributed by atoms with Gasteiger partial charge in [0.25, 0.3) is 11.5 Å². The van der Waals surface area contributed by atoms with E-state index < -0.39 is 46.9 Å². The molecule has 2 aromatic heterocycles. The molecule has 29 heavy (non-hydrogen) atoms. The van der Waals surface area contributed by atoms with Crippen LogP contribution in [-0.2, 0) is 6.18 Å². The summed E-state index contributed by atoms with van der Waals surface area (Å²) in [6.07, 6.45) is -2.58. The Hall–Kier alpha value is -3.07. The topological polar surface area (TPSA) is 86.6 Å². The Balaban J connectivity index is 2.23. The molecular weight excluding hydrogens is 387 g/mol. The number of aryl methyl sites for hydroxylation is 2. The summed E-state index contributed by atoms with van der Waals surface area (Å²) in [5, 5.41) is 11.3. The third-order valence-corrected chi connectivity index (χ3v) is 4.76. The first-order valence-electron chi connectivity index (χ1n) is 8.87. The molecule has 0 aliphatic rings. The lowest BCUT2D eigenvalue weighted by atomic mass is 10.0. The van der Waals surface area contributed by atoms with Crippen molar-refractivity contribution in [2.75, 3.05) is 6.61 Å². The number of rotatable bonds is 4. The second-order valence-electron chi connectivity index (χ2n) is 7.02. The largest absolute Gasteiger partial charge is 0.419 e. The Morgan fingerprint density at radius 2 is 1.93 bits per heavy atom. The summed E-state index contributed by atoms with van der Waals surface area (Å²) in [7, 11) is 0. The van der Waals surface area contributed by atoms with Gasteiger partial charge in [0.15, 0.2) is 0 Å². The van der Waals surface area contributed by atoms with Gasteiger partial charge in [-0.05, 0) is 43.5 Å². The highest BCUT2D eigenvalue weighted by Gasteiger charge is 2.40. The van der Waals surface area contributed by atoms with Gasteiger partial charge in [0.2, 0.25) is 0 Å². The maximum absolute atomic E-state index is 13.7. The van der Waals surface area contributed by atoms with E-state index in [2.05, 4.69) is 10.3 Å². The molecule has 0 spiro atoms. The van der Waals surface area contributed by atoms with E-state index in [1.54, 1.807) is 6.07 Å². The van der Waals surface area contributed by atoms with E-state index in [9.17, 15) is 22.8 Å². The lowest BCUT2D eigenvalue weighted by molar-refractivity contribution is -0.136. The monoisotopic (exact) mass is 407 g/mol. The number of benzene rings is 1. The first kappa shape index (κ1) is 20.7. The number of H-pyrrole nitrogens is 1. The molecule has 0 aliphatic carbocycles. The lowest BCUT2D eigenvalue weighted by Gasteiger charge is -2.12. The number of amides is 1. The Labute approximate surface area is 164 Å². The number of nitrogens with zero attached hydrogens (tertiary/aromatic N) is 1. The molecule has 3 aromatic rings. The van der Waals surface area contributed by atoms with Gasteiger partial charge in [-0.1, -0.05) is 12.1 Å². The number of aliphatic hydroxyl groups is 1. The highest BCUT2D eigenvalue weighted by Crippen LogP contribution is 2.35. The van der Waals surface area contributed by atoms with Crippen LogP contribution in [-0.4, -0.2) is 33.0 Å². The number of fused-ring (bicyclic) bond motifs is 1. The van der Waals surface area contributed by atoms with Crippen molar-refractivity contribution in [2.45, 2.75) is 33.0 Å². The van der Waals surface area contributed by atoms with E-state index >= 15 is 0 Å². The minimum Gasteiger partial charge on any atom is -0.394 e. The molecule has 0 saturated heterocycles. The molecule has 0 radical (unpaired) electrons. The molecule has 1 amide bonds. The van der Waals surface area contributed by atoms with Crippen molar-refractivity contribution in [3.8, 4) is 11.3 Å². The minimum atomic E-state index is -4.92. The van der Waals surface area contributed by atoms with Crippen molar-refractivity contribution in [1.29, 1.82) is 0 Å². The van der Waals surface area contributed by atoms with Crippen LogP contribution in [0.1, 0.15) is 34.0 Å². The molecule has 9 heteroatoms. The first-order valence-corrected chi connectivity index (χ1v) is 8.87. The third-order valence-electron chi connectivity index (χ3n) is 4.76.